The summed E-state index contributed by atoms with van der Waals surface area (Å²) in [5.41, 5.74) is -0.239. The zero-order valence-corrected chi connectivity index (χ0v) is 17.4. The largest absolute Gasteiger partial charge is 0.393 e. The molecule has 0 aromatic heterocycles. The number of aliphatic imine (C=N–C) groups is 1. The molecule has 0 bridgehead atoms. The van der Waals surface area contributed by atoms with E-state index in [9.17, 15) is 5.11 Å². The number of nitrogens with one attached hydrogen (secondary N) is 2. The van der Waals surface area contributed by atoms with Gasteiger partial charge >= 0.3 is 0 Å². The molecule has 7 heteroatoms. The third kappa shape index (κ3) is 10.4. The Labute approximate surface area is 158 Å². The van der Waals surface area contributed by atoms with Crippen LogP contribution in [0.1, 0.15) is 40.0 Å². The van der Waals surface area contributed by atoms with Crippen molar-refractivity contribution >= 4 is 29.9 Å². The normalized spacial score (nSPS) is 17.7. The number of piperidine rings is 1. The van der Waals surface area contributed by atoms with Gasteiger partial charge < -0.3 is 25.4 Å². The van der Waals surface area contributed by atoms with Crippen LogP contribution in [0.5, 0.6) is 0 Å². The van der Waals surface area contributed by atoms with Gasteiger partial charge in [0.1, 0.15) is 0 Å². The van der Waals surface area contributed by atoms with Gasteiger partial charge in [-0.05, 0) is 46.6 Å². The molecule has 23 heavy (non-hydrogen) atoms. The fraction of sp³-hybridized carbons (Fsp3) is 0.938. The number of nitrogens with zero attached hydrogens (tertiary/aromatic N) is 2. The van der Waals surface area contributed by atoms with Crippen LogP contribution in [-0.2, 0) is 4.74 Å². The molecule has 0 saturated carbocycles. The van der Waals surface area contributed by atoms with Crippen LogP contribution in [0.25, 0.3) is 0 Å². The van der Waals surface area contributed by atoms with Gasteiger partial charge in [-0.1, -0.05) is 0 Å². The van der Waals surface area contributed by atoms with E-state index in [2.05, 4.69) is 27.4 Å². The van der Waals surface area contributed by atoms with Gasteiger partial charge in [0.15, 0.2) is 5.96 Å². The van der Waals surface area contributed by atoms with Crippen molar-refractivity contribution < 1.29 is 9.84 Å². The van der Waals surface area contributed by atoms with Gasteiger partial charge in [-0.25, -0.2) is 0 Å². The summed E-state index contributed by atoms with van der Waals surface area (Å²) >= 11 is 0. The first-order valence-corrected chi connectivity index (χ1v) is 8.44. The minimum atomic E-state index is -0.239. The molecule has 0 aromatic carbocycles. The predicted molar refractivity (Wildman–Crippen MR) is 107 cm³/mol. The Balaban J connectivity index is 0.00000484. The zero-order valence-electron chi connectivity index (χ0n) is 15.1. The molecule has 0 aliphatic carbocycles. The molecule has 1 heterocycles. The quantitative estimate of drug-likeness (QED) is 0.230. The highest BCUT2D eigenvalue weighted by molar-refractivity contribution is 14.0. The second kappa shape index (κ2) is 12.3. The Morgan fingerprint density at radius 2 is 1.96 bits per heavy atom. The van der Waals surface area contributed by atoms with E-state index in [1.807, 2.05) is 13.8 Å². The number of methoxy groups -OCH3 is 1. The summed E-state index contributed by atoms with van der Waals surface area (Å²) in [5.74, 6) is 0.849. The highest BCUT2D eigenvalue weighted by Crippen LogP contribution is 2.09. The molecule has 0 radical (unpaired) electrons. The summed E-state index contributed by atoms with van der Waals surface area (Å²) in [6.07, 6.45) is 2.80. The zero-order chi connectivity index (χ0) is 16.4. The molecule has 6 nitrogen and oxygen atoms in total. The van der Waals surface area contributed by atoms with Crippen molar-refractivity contribution in [3.05, 3.63) is 0 Å². The molecule has 0 amide bonds. The predicted octanol–water partition coefficient (Wildman–Crippen LogP) is 1.43. The van der Waals surface area contributed by atoms with Crippen molar-refractivity contribution in [1.82, 2.24) is 15.5 Å². The minimum absolute atomic E-state index is 0. The molecule has 0 atom stereocenters. The second-order valence-corrected chi connectivity index (χ2v) is 6.51. The molecule has 1 rings (SSSR count). The lowest BCUT2D eigenvalue weighted by Crippen LogP contribution is -2.41. The van der Waals surface area contributed by atoms with Crippen LogP contribution in [0.4, 0.5) is 0 Å². The first kappa shape index (κ1) is 22.9. The molecule has 0 unspecified atom stereocenters. The van der Waals surface area contributed by atoms with Gasteiger partial charge in [0.05, 0.1) is 18.2 Å². The smallest absolute Gasteiger partial charge is 0.191 e. The number of hydrogen-bond acceptors (Lipinski definition) is 4. The van der Waals surface area contributed by atoms with E-state index < -0.39 is 0 Å². The number of aliphatic hydroxyl groups is 1. The summed E-state index contributed by atoms with van der Waals surface area (Å²) in [5, 5.41) is 16.1. The number of hydrogen-bond donors (Lipinski definition) is 3. The molecule has 1 aliphatic heterocycles. The van der Waals surface area contributed by atoms with E-state index in [0.29, 0.717) is 6.54 Å². The Hall–Kier alpha value is -0.120. The first-order valence-electron chi connectivity index (χ1n) is 8.44. The van der Waals surface area contributed by atoms with Gasteiger partial charge in [-0.3, -0.25) is 4.99 Å². The standard InChI is InChI=1S/C16H34N4O2.HI/c1-5-17-15(19-13-16(2,3)22-4)18-9-6-10-20-11-7-14(21)8-12-20;/h14,21H,5-13H2,1-4H3,(H2,17,18,19);1H. The number of ether oxygens (including phenoxy) is 1. The fourth-order valence-corrected chi connectivity index (χ4v) is 2.33. The number of aliphatic hydroxyl groups excluding tert-OH is 1. The lowest BCUT2D eigenvalue weighted by atomic mass is 10.1. The van der Waals surface area contributed by atoms with Gasteiger partial charge in [0.2, 0.25) is 0 Å². The topological polar surface area (TPSA) is 69.1 Å². The lowest BCUT2D eigenvalue weighted by Gasteiger charge is -2.29. The van der Waals surface area contributed by atoms with Crippen LogP contribution in [0.15, 0.2) is 4.99 Å². The summed E-state index contributed by atoms with van der Waals surface area (Å²) < 4.78 is 5.39. The number of rotatable bonds is 8. The van der Waals surface area contributed by atoms with E-state index in [0.717, 1.165) is 57.9 Å². The van der Waals surface area contributed by atoms with Crippen molar-refractivity contribution in [3.8, 4) is 0 Å². The molecule has 1 saturated heterocycles. The van der Waals surface area contributed by atoms with Crippen LogP contribution in [0.2, 0.25) is 0 Å². The first-order chi connectivity index (χ1) is 10.5. The van der Waals surface area contributed by atoms with Crippen molar-refractivity contribution in [3.63, 3.8) is 0 Å². The number of halogens is 1. The van der Waals surface area contributed by atoms with E-state index in [-0.39, 0.29) is 35.7 Å². The van der Waals surface area contributed by atoms with E-state index >= 15 is 0 Å². The number of guanidine groups is 1. The van der Waals surface area contributed by atoms with Crippen LogP contribution in [0, 0.1) is 0 Å². The van der Waals surface area contributed by atoms with E-state index in [1.54, 1.807) is 7.11 Å². The molecule has 138 valence electrons. The fourth-order valence-electron chi connectivity index (χ4n) is 2.33. The van der Waals surface area contributed by atoms with Crippen LogP contribution < -0.4 is 10.6 Å². The molecule has 1 aliphatic rings. The molecular weight excluding hydrogens is 407 g/mol. The van der Waals surface area contributed by atoms with Crippen molar-refractivity contribution in [1.29, 1.82) is 0 Å². The summed E-state index contributed by atoms with van der Waals surface area (Å²) in [6, 6.07) is 0. The van der Waals surface area contributed by atoms with Gasteiger partial charge in [0.25, 0.3) is 0 Å². The van der Waals surface area contributed by atoms with Gasteiger partial charge in [-0.15, -0.1) is 24.0 Å². The lowest BCUT2D eigenvalue weighted by molar-refractivity contribution is 0.0310. The van der Waals surface area contributed by atoms with Crippen LogP contribution in [0.3, 0.4) is 0 Å². The van der Waals surface area contributed by atoms with E-state index in [1.165, 1.54) is 0 Å². The van der Waals surface area contributed by atoms with E-state index in [4.69, 9.17) is 4.74 Å². The van der Waals surface area contributed by atoms with Gasteiger partial charge in [-0.2, -0.15) is 0 Å². The summed E-state index contributed by atoms with van der Waals surface area (Å²) in [4.78, 5) is 7.00. The van der Waals surface area contributed by atoms with Gasteiger partial charge in [0, 0.05) is 33.3 Å². The monoisotopic (exact) mass is 442 g/mol. The Morgan fingerprint density at radius 3 is 2.52 bits per heavy atom. The summed E-state index contributed by atoms with van der Waals surface area (Å²) in [6.45, 7) is 11.6. The molecule has 0 aromatic rings. The molecule has 0 spiro atoms. The molecular formula is C16H35IN4O2. The Kier molecular flexibility index (Phi) is 12.2. The SMILES string of the molecule is CCNC(=NCC(C)(C)OC)NCCCN1CCC(O)CC1.I. The summed E-state index contributed by atoms with van der Waals surface area (Å²) in [7, 11) is 1.71. The highest BCUT2D eigenvalue weighted by Gasteiger charge is 2.17. The van der Waals surface area contributed by atoms with Crippen LogP contribution in [-0.4, -0.2) is 74.0 Å². The maximum Gasteiger partial charge on any atom is 0.191 e. The maximum absolute atomic E-state index is 9.50. The minimum Gasteiger partial charge on any atom is -0.393 e. The van der Waals surface area contributed by atoms with Crippen LogP contribution >= 0.6 is 24.0 Å². The maximum atomic E-state index is 9.50. The van der Waals surface area contributed by atoms with Crippen molar-refractivity contribution in [2.75, 3.05) is 46.4 Å². The Bertz CT molecular complexity index is 332. The average Bonchev–Trinajstić information content (AvgIpc) is 2.51. The van der Waals surface area contributed by atoms with Crippen molar-refractivity contribution in [2.24, 2.45) is 4.99 Å². The second-order valence-electron chi connectivity index (χ2n) is 6.51. The van der Waals surface area contributed by atoms with Crippen molar-refractivity contribution in [2.45, 2.75) is 51.7 Å². The number of likely N-dealkylation sites (tertiary alicyclic amines) is 1. The molecule has 1 fully saturated rings. The third-order valence-electron chi connectivity index (χ3n) is 4.02. The average molecular weight is 442 g/mol. The highest BCUT2D eigenvalue weighted by atomic mass is 127. The third-order valence-corrected chi connectivity index (χ3v) is 4.02. The Morgan fingerprint density at radius 1 is 1.30 bits per heavy atom. The molecule has 3 N–H and O–H groups in total.